The first kappa shape index (κ1) is 11.2. The summed E-state index contributed by atoms with van der Waals surface area (Å²) < 4.78 is 0.777. The highest BCUT2D eigenvalue weighted by Crippen LogP contribution is 2.18. The Kier molecular flexibility index (Phi) is 3.63. The lowest BCUT2D eigenvalue weighted by molar-refractivity contribution is 0.0968. The van der Waals surface area contributed by atoms with Gasteiger partial charge in [-0.05, 0) is 27.9 Å². The summed E-state index contributed by atoms with van der Waals surface area (Å²) >= 11 is 3.26. The summed E-state index contributed by atoms with van der Waals surface area (Å²) in [6.07, 6.45) is 2.09. The molecule has 0 aliphatic rings. The lowest BCUT2D eigenvalue weighted by Crippen LogP contribution is -2.08. The van der Waals surface area contributed by atoms with E-state index < -0.39 is 0 Å². The Labute approximate surface area is 91.8 Å². The first-order chi connectivity index (χ1) is 6.50. The van der Waals surface area contributed by atoms with Crippen molar-refractivity contribution in [2.45, 2.75) is 20.3 Å². The molecule has 2 N–H and O–H groups in total. The molecule has 0 saturated heterocycles. The highest BCUT2D eigenvalue weighted by molar-refractivity contribution is 9.10. The van der Waals surface area contributed by atoms with Crippen molar-refractivity contribution < 1.29 is 4.79 Å². The third kappa shape index (κ3) is 2.80. The number of halogens is 1. The van der Waals surface area contributed by atoms with E-state index in [1.54, 1.807) is 12.3 Å². The number of hydrogen-bond acceptors (Lipinski definition) is 3. The van der Waals surface area contributed by atoms with Crippen molar-refractivity contribution in [3.05, 3.63) is 22.3 Å². The molecule has 0 atom stereocenters. The van der Waals surface area contributed by atoms with Gasteiger partial charge in [0, 0.05) is 17.1 Å². The molecule has 0 aromatic carbocycles. The number of anilines is 1. The van der Waals surface area contributed by atoms with Crippen molar-refractivity contribution in [3.8, 4) is 0 Å². The molecule has 0 bridgehead atoms. The molecule has 0 aliphatic carbocycles. The summed E-state index contributed by atoms with van der Waals surface area (Å²) in [5.74, 6) is 0.686. The minimum Gasteiger partial charge on any atom is -0.383 e. The zero-order chi connectivity index (χ0) is 10.7. The number of Topliss-reactive ketones (excluding diaryl/α,β-unsaturated/α-hetero) is 1. The monoisotopic (exact) mass is 256 g/mol. The number of carbonyl (C=O) groups excluding carboxylic acids is 1. The van der Waals surface area contributed by atoms with Crippen molar-refractivity contribution >= 4 is 27.5 Å². The second kappa shape index (κ2) is 4.55. The Morgan fingerprint density at radius 1 is 1.64 bits per heavy atom. The van der Waals surface area contributed by atoms with Gasteiger partial charge in [-0.2, -0.15) is 0 Å². The summed E-state index contributed by atoms with van der Waals surface area (Å²) in [6.45, 7) is 4.00. The SMILES string of the molecule is CC(C)CC(=O)c1cc(Br)cnc1N. The molecule has 0 aliphatic heterocycles. The quantitative estimate of drug-likeness (QED) is 0.847. The second-order valence-corrected chi connectivity index (χ2v) is 4.52. The molecule has 3 nitrogen and oxygen atoms in total. The largest absolute Gasteiger partial charge is 0.383 e. The number of ketones is 1. The lowest BCUT2D eigenvalue weighted by atomic mass is 10.0. The molecule has 0 amide bonds. The Balaban J connectivity index is 2.94. The smallest absolute Gasteiger partial charge is 0.166 e. The average molecular weight is 257 g/mol. The normalized spacial score (nSPS) is 10.6. The van der Waals surface area contributed by atoms with Crippen LogP contribution >= 0.6 is 15.9 Å². The highest BCUT2D eigenvalue weighted by atomic mass is 79.9. The number of nitrogens with zero attached hydrogens (tertiary/aromatic N) is 1. The van der Waals surface area contributed by atoms with Crippen LogP contribution in [0.1, 0.15) is 30.6 Å². The van der Waals surface area contributed by atoms with Gasteiger partial charge in [-0.25, -0.2) is 4.98 Å². The van der Waals surface area contributed by atoms with Crippen LogP contribution in [0.15, 0.2) is 16.7 Å². The van der Waals surface area contributed by atoms with Gasteiger partial charge >= 0.3 is 0 Å². The maximum atomic E-state index is 11.7. The van der Waals surface area contributed by atoms with Crippen LogP contribution in [0.2, 0.25) is 0 Å². The minimum absolute atomic E-state index is 0.0475. The number of rotatable bonds is 3. The molecule has 1 aromatic rings. The number of aromatic nitrogens is 1. The molecule has 0 unspecified atom stereocenters. The minimum atomic E-state index is 0.0475. The second-order valence-electron chi connectivity index (χ2n) is 3.61. The standard InChI is InChI=1S/C10H13BrN2O/c1-6(2)3-9(14)8-4-7(11)5-13-10(8)12/h4-6H,3H2,1-2H3,(H2,12,13). The molecule has 1 heterocycles. The Hall–Kier alpha value is -0.900. The first-order valence-corrected chi connectivity index (χ1v) is 5.24. The Morgan fingerprint density at radius 3 is 2.86 bits per heavy atom. The summed E-state index contributed by atoms with van der Waals surface area (Å²) in [4.78, 5) is 15.6. The zero-order valence-electron chi connectivity index (χ0n) is 8.25. The molecule has 4 heteroatoms. The van der Waals surface area contributed by atoms with E-state index in [0.29, 0.717) is 23.7 Å². The Morgan fingerprint density at radius 2 is 2.29 bits per heavy atom. The van der Waals surface area contributed by atoms with E-state index in [9.17, 15) is 4.79 Å². The molecule has 0 fully saturated rings. The van der Waals surface area contributed by atoms with E-state index in [-0.39, 0.29) is 5.78 Å². The summed E-state index contributed by atoms with van der Waals surface area (Å²) in [6, 6.07) is 1.72. The maximum Gasteiger partial charge on any atom is 0.166 e. The van der Waals surface area contributed by atoms with Crippen molar-refractivity contribution in [2.75, 3.05) is 5.73 Å². The third-order valence-electron chi connectivity index (χ3n) is 1.78. The van der Waals surface area contributed by atoms with Gasteiger partial charge in [0.15, 0.2) is 5.78 Å². The van der Waals surface area contributed by atoms with Gasteiger partial charge in [-0.15, -0.1) is 0 Å². The van der Waals surface area contributed by atoms with Gasteiger partial charge in [0.2, 0.25) is 0 Å². The molecular weight excluding hydrogens is 244 g/mol. The van der Waals surface area contributed by atoms with Gasteiger partial charge in [0.25, 0.3) is 0 Å². The van der Waals surface area contributed by atoms with E-state index in [2.05, 4.69) is 20.9 Å². The number of nitrogen functional groups attached to an aromatic ring is 1. The van der Waals surface area contributed by atoms with Crippen molar-refractivity contribution in [1.29, 1.82) is 0 Å². The first-order valence-electron chi connectivity index (χ1n) is 4.45. The molecule has 1 rings (SSSR count). The van der Waals surface area contributed by atoms with Crippen LogP contribution in [0.3, 0.4) is 0 Å². The van der Waals surface area contributed by atoms with E-state index in [1.807, 2.05) is 13.8 Å². The third-order valence-corrected chi connectivity index (χ3v) is 2.21. The van der Waals surface area contributed by atoms with Crippen LogP contribution in [0, 0.1) is 5.92 Å². The van der Waals surface area contributed by atoms with Crippen LogP contribution in [-0.4, -0.2) is 10.8 Å². The van der Waals surface area contributed by atoms with Crippen LogP contribution in [0.4, 0.5) is 5.82 Å². The van der Waals surface area contributed by atoms with Crippen LogP contribution in [0.5, 0.6) is 0 Å². The van der Waals surface area contributed by atoms with Gasteiger partial charge < -0.3 is 5.73 Å². The molecule has 0 spiro atoms. The predicted octanol–water partition coefficient (Wildman–Crippen LogP) is 2.66. The number of pyridine rings is 1. The fourth-order valence-electron chi connectivity index (χ4n) is 1.15. The summed E-state index contributed by atoms with van der Waals surface area (Å²) in [5.41, 5.74) is 6.12. The molecule has 76 valence electrons. The topological polar surface area (TPSA) is 56.0 Å². The van der Waals surface area contributed by atoms with E-state index in [0.717, 1.165) is 4.47 Å². The number of hydrogen-bond donors (Lipinski definition) is 1. The van der Waals surface area contributed by atoms with E-state index in [4.69, 9.17) is 5.73 Å². The van der Waals surface area contributed by atoms with E-state index in [1.165, 1.54) is 0 Å². The van der Waals surface area contributed by atoms with Crippen molar-refractivity contribution in [2.24, 2.45) is 5.92 Å². The maximum absolute atomic E-state index is 11.7. The van der Waals surface area contributed by atoms with Gasteiger partial charge in [0.05, 0.1) is 5.56 Å². The average Bonchev–Trinajstić information content (AvgIpc) is 2.08. The van der Waals surface area contributed by atoms with Gasteiger partial charge in [-0.1, -0.05) is 13.8 Å². The fraction of sp³-hybridized carbons (Fsp3) is 0.400. The lowest BCUT2D eigenvalue weighted by Gasteiger charge is -2.06. The molecule has 1 aromatic heterocycles. The highest BCUT2D eigenvalue weighted by Gasteiger charge is 2.12. The van der Waals surface area contributed by atoms with Gasteiger partial charge in [-0.3, -0.25) is 4.79 Å². The molecule has 0 radical (unpaired) electrons. The van der Waals surface area contributed by atoms with Crippen molar-refractivity contribution in [1.82, 2.24) is 4.98 Å². The zero-order valence-corrected chi connectivity index (χ0v) is 9.84. The fourth-order valence-corrected chi connectivity index (χ4v) is 1.49. The van der Waals surface area contributed by atoms with Crippen molar-refractivity contribution in [3.63, 3.8) is 0 Å². The van der Waals surface area contributed by atoms with Gasteiger partial charge in [0.1, 0.15) is 5.82 Å². The van der Waals surface area contributed by atoms with E-state index >= 15 is 0 Å². The molecule has 0 saturated carbocycles. The molecule has 14 heavy (non-hydrogen) atoms. The van der Waals surface area contributed by atoms with Crippen LogP contribution in [-0.2, 0) is 0 Å². The number of carbonyl (C=O) groups is 1. The molecular formula is C10H13BrN2O. The van der Waals surface area contributed by atoms with Crippen LogP contribution < -0.4 is 5.73 Å². The summed E-state index contributed by atoms with van der Waals surface area (Å²) in [5, 5.41) is 0. The number of nitrogens with two attached hydrogens (primary N) is 1. The predicted molar refractivity (Wildman–Crippen MR) is 60.1 cm³/mol. The van der Waals surface area contributed by atoms with Crippen LogP contribution in [0.25, 0.3) is 0 Å². The Bertz CT molecular complexity index is 350. The summed E-state index contributed by atoms with van der Waals surface area (Å²) in [7, 11) is 0.